The second-order valence-corrected chi connectivity index (χ2v) is 7.59. The maximum Gasteiger partial charge on any atom is 0.228 e. The highest BCUT2D eigenvalue weighted by Gasteiger charge is 2.31. The summed E-state index contributed by atoms with van der Waals surface area (Å²) in [5.41, 5.74) is 0.737. The van der Waals surface area contributed by atoms with E-state index < -0.39 is 0 Å². The van der Waals surface area contributed by atoms with Gasteiger partial charge in [0.05, 0.1) is 12.1 Å². The van der Waals surface area contributed by atoms with Gasteiger partial charge in [0.25, 0.3) is 0 Å². The number of amides is 2. The van der Waals surface area contributed by atoms with E-state index in [1.54, 1.807) is 0 Å². The molecule has 0 radical (unpaired) electrons. The van der Waals surface area contributed by atoms with Gasteiger partial charge in [-0.05, 0) is 19.3 Å². The van der Waals surface area contributed by atoms with Gasteiger partial charge in [-0.25, -0.2) is 4.98 Å². The van der Waals surface area contributed by atoms with Gasteiger partial charge in [0, 0.05) is 36.5 Å². The number of fused-ring (bicyclic) bond motifs is 2. The van der Waals surface area contributed by atoms with Gasteiger partial charge in [-0.15, -0.1) is 36.2 Å². The molecule has 0 spiro atoms. The van der Waals surface area contributed by atoms with Gasteiger partial charge in [0.1, 0.15) is 0 Å². The topological polar surface area (TPSA) is 74.3 Å². The van der Waals surface area contributed by atoms with Crippen molar-refractivity contribution in [1.29, 1.82) is 0 Å². The Morgan fingerprint density at radius 3 is 2.76 bits per heavy atom. The van der Waals surface area contributed by atoms with Crippen LogP contribution in [0.1, 0.15) is 38.8 Å². The number of thiazole rings is 1. The summed E-state index contributed by atoms with van der Waals surface area (Å²) in [5, 5.41) is 8.79. The molecule has 2 fully saturated rings. The lowest BCUT2D eigenvalue weighted by molar-refractivity contribution is -0.130. The van der Waals surface area contributed by atoms with Crippen molar-refractivity contribution < 1.29 is 9.59 Å². The Hall–Kier alpha value is -0.890. The number of aromatic nitrogens is 1. The Kier molecular flexibility index (Phi) is 8.60. The molecule has 6 nitrogen and oxygen atoms in total. The molecule has 2 amide bonds. The van der Waals surface area contributed by atoms with Crippen LogP contribution >= 0.6 is 36.2 Å². The number of carbonyl (C=O) groups excluding carboxylic acids is 2. The average Bonchev–Trinajstić information content (AvgIpc) is 3.05. The third kappa shape index (κ3) is 5.81. The summed E-state index contributed by atoms with van der Waals surface area (Å²) in [4.78, 5) is 30.5. The van der Waals surface area contributed by atoms with Crippen molar-refractivity contribution in [3.8, 4) is 0 Å². The van der Waals surface area contributed by atoms with Crippen molar-refractivity contribution in [2.45, 2.75) is 51.6 Å². The molecule has 1 aromatic heterocycles. The van der Waals surface area contributed by atoms with E-state index in [1.165, 1.54) is 17.8 Å². The number of likely N-dealkylation sites (tertiary alicyclic amines) is 1. The molecule has 9 heteroatoms. The highest BCUT2D eigenvalue weighted by atomic mass is 35.5. The number of halogens is 2. The number of carbonyl (C=O) groups is 2. The summed E-state index contributed by atoms with van der Waals surface area (Å²) in [6.45, 7) is 5.31. The van der Waals surface area contributed by atoms with Crippen molar-refractivity contribution in [2.24, 2.45) is 5.92 Å². The molecule has 142 valence electrons. The van der Waals surface area contributed by atoms with Crippen LogP contribution < -0.4 is 10.6 Å². The monoisotopic (exact) mass is 408 g/mol. The molecule has 1 aromatic rings. The van der Waals surface area contributed by atoms with Gasteiger partial charge in [-0.2, -0.15) is 0 Å². The van der Waals surface area contributed by atoms with Crippen molar-refractivity contribution in [1.82, 2.24) is 15.2 Å². The Morgan fingerprint density at radius 2 is 2.04 bits per heavy atom. The fourth-order valence-corrected chi connectivity index (χ4v) is 3.84. The lowest BCUT2D eigenvalue weighted by atomic mass is 10.1. The first-order chi connectivity index (χ1) is 11.0. The third-order valence-electron chi connectivity index (χ3n) is 4.51. The first-order valence-corrected chi connectivity index (χ1v) is 9.18. The van der Waals surface area contributed by atoms with E-state index in [-0.39, 0.29) is 42.5 Å². The Bertz CT molecular complexity index is 596. The predicted octanol–water partition coefficient (Wildman–Crippen LogP) is 2.48. The zero-order valence-corrected chi connectivity index (χ0v) is 16.9. The summed E-state index contributed by atoms with van der Waals surface area (Å²) in [5.74, 6) is 0.00207. The minimum atomic E-state index is -0.0796. The van der Waals surface area contributed by atoms with E-state index >= 15 is 0 Å². The molecule has 0 aliphatic carbocycles. The van der Waals surface area contributed by atoms with Gasteiger partial charge in [0.2, 0.25) is 11.8 Å². The molecule has 2 aliphatic heterocycles. The van der Waals surface area contributed by atoms with Crippen molar-refractivity contribution in [3.63, 3.8) is 0 Å². The third-order valence-corrected chi connectivity index (χ3v) is 5.32. The largest absolute Gasteiger partial charge is 0.341 e. The van der Waals surface area contributed by atoms with Gasteiger partial charge in [0.15, 0.2) is 5.13 Å². The number of nitrogens with one attached hydrogen (secondary N) is 2. The highest BCUT2D eigenvalue weighted by molar-refractivity contribution is 7.13. The van der Waals surface area contributed by atoms with Crippen LogP contribution in [0.25, 0.3) is 0 Å². The minimum Gasteiger partial charge on any atom is -0.341 e. The van der Waals surface area contributed by atoms with Crippen LogP contribution in [0.4, 0.5) is 5.13 Å². The van der Waals surface area contributed by atoms with Crippen LogP contribution in [0, 0.1) is 5.92 Å². The van der Waals surface area contributed by atoms with E-state index in [4.69, 9.17) is 0 Å². The quantitative estimate of drug-likeness (QED) is 0.802. The number of rotatable bonds is 4. The van der Waals surface area contributed by atoms with Gasteiger partial charge in [-0.3, -0.25) is 9.59 Å². The summed E-state index contributed by atoms with van der Waals surface area (Å²) in [6.07, 6.45) is 3.74. The first kappa shape index (κ1) is 22.2. The van der Waals surface area contributed by atoms with Crippen LogP contribution in [0.5, 0.6) is 0 Å². The van der Waals surface area contributed by atoms with E-state index in [1.807, 2.05) is 24.1 Å². The minimum absolute atomic E-state index is 0. The molecule has 0 saturated carbocycles. The van der Waals surface area contributed by atoms with Crippen LogP contribution in [0.15, 0.2) is 5.38 Å². The van der Waals surface area contributed by atoms with Crippen LogP contribution in [-0.2, 0) is 16.0 Å². The predicted molar refractivity (Wildman–Crippen MR) is 105 cm³/mol. The normalized spacial score (nSPS) is 22.0. The number of anilines is 1. The smallest absolute Gasteiger partial charge is 0.228 e. The van der Waals surface area contributed by atoms with Crippen LogP contribution in [-0.4, -0.2) is 46.9 Å². The fourth-order valence-electron chi connectivity index (χ4n) is 3.13. The van der Waals surface area contributed by atoms with E-state index in [9.17, 15) is 9.59 Å². The second-order valence-electron chi connectivity index (χ2n) is 6.73. The molecule has 2 bridgehead atoms. The van der Waals surface area contributed by atoms with Gasteiger partial charge < -0.3 is 15.5 Å². The lowest BCUT2D eigenvalue weighted by Gasteiger charge is -2.24. The zero-order valence-electron chi connectivity index (χ0n) is 14.5. The van der Waals surface area contributed by atoms with E-state index in [0.29, 0.717) is 23.6 Å². The molecule has 0 aromatic carbocycles. The standard InChI is InChI=1S/C16H24N4O2S.2ClH/c1-10(2)15(22)19-16-18-13(9-23-16)7-14(21)20-6-5-11-3-4-12(8-20)17-11;;/h9-12,17H,3-8H2,1-2H3,(H,18,19,22);2*1H. The average molecular weight is 409 g/mol. The number of hydrogen-bond acceptors (Lipinski definition) is 5. The lowest BCUT2D eigenvalue weighted by Crippen LogP contribution is -2.39. The zero-order chi connectivity index (χ0) is 16.4. The van der Waals surface area contributed by atoms with E-state index in [0.717, 1.165) is 31.6 Å². The second kappa shape index (κ2) is 9.71. The van der Waals surface area contributed by atoms with Crippen LogP contribution in [0.3, 0.4) is 0 Å². The summed E-state index contributed by atoms with van der Waals surface area (Å²) in [7, 11) is 0. The molecule has 2 unspecified atom stereocenters. The Labute approximate surface area is 165 Å². The molecule has 2 aliphatic rings. The maximum absolute atomic E-state index is 12.5. The van der Waals surface area contributed by atoms with Crippen LogP contribution in [0.2, 0.25) is 0 Å². The number of nitrogens with zero attached hydrogens (tertiary/aromatic N) is 2. The fraction of sp³-hybridized carbons (Fsp3) is 0.688. The van der Waals surface area contributed by atoms with E-state index in [2.05, 4.69) is 15.6 Å². The maximum atomic E-state index is 12.5. The van der Waals surface area contributed by atoms with Crippen molar-refractivity contribution in [2.75, 3.05) is 18.4 Å². The summed E-state index contributed by atoms with van der Waals surface area (Å²) in [6, 6.07) is 1.03. The van der Waals surface area contributed by atoms with Crippen molar-refractivity contribution >= 4 is 53.1 Å². The molecule has 2 atom stereocenters. The summed E-state index contributed by atoms with van der Waals surface area (Å²) < 4.78 is 0. The molecule has 25 heavy (non-hydrogen) atoms. The Balaban J connectivity index is 0.00000156. The first-order valence-electron chi connectivity index (χ1n) is 8.30. The summed E-state index contributed by atoms with van der Waals surface area (Å²) >= 11 is 1.37. The number of hydrogen-bond donors (Lipinski definition) is 2. The molecular formula is C16H26Cl2N4O2S. The molecule has 3 heterocycles. The van der Waals surface area contributed by atoms with Gasteiger partial charge in [-0.1, -0.05) is 13.8 Å². The molecule has 2 saturated heterocycles. The highest BCUT2D eigenvalue weighted by Crippen LogP contribution is 2.22. The molecule has 2 N–H and O–H groups in total. The Morgan fingerprint density at radius 1 is 1.32 bits per heavy atom. The van der Waals surface area contributed by atoms with Gasteiger partial charge >= 0.3 is 0 Å². The van der Waals surface area contributed by atoms with Crippen molar-refractivity contribution in [3.05, 3.63) is 11.1 Å². The molecular weight excluding hydrogens is 383 g/mol. The molecule has 3 rings (SSSR count). The SMILES string of the molecule is CC(C)C(=O)Nc1nc(CC(=O)N2CCC3CCC(C2)N3)cs1.Cl.Cl.